The molecule has 1 heterocycles. The number of aromatic amines is 1. The van der Waals surface area contributed by atoms with Crippen LogP contribution in [0.2, 0.25) is 0 Å². The van der Waals surface area contributed by atoms with Gasteiger partial charge in [-0.05, 0) is 36.8 Å². The molecule has 0 aliphatic rings. The topological polar surface area (TPSA) is 34.2 Å². The molecule has 1 aromatic carbocycles. The molecule has 2 rings (SSSR count). The van der Waals surface area contributed by atoms with Gasteiger partial charge in [-0.3, -0.25) is 0 Å². The fraction of sp³-hybridized carbons (Fsp3) is 0.333. The van der Waals surface area contributed by atoms with E-state index in [1.807, 2.05) is 32.2 Å². The van der Waals surface area contributed by atoms with E-state index in [1.54, 1.807) is 0 Å². The van der Waals surface area contributed by atoms with Crippen LogP contribution >= 0.6 is 0 Å². The van der Waals surface area contributed by atoms with Crippen molar-refractivity contribution in [3.05, 3.63) is 30.5 Å². The number of aromatic nitrogens is 1. The summed E-state index contributed by atoms with van der Waals surface area (Å²) in [5.41, 5.74) is 2.20. The number of hydrogen-bond acceptors (Lipinski definition) is 2. The second kappa shape index (κ2) is 5.19. The first kappa shape index (κ1) is 11.2. The maximum absolute atomic E-state index is 5.56. The molecule has 3 nitrogen and oxygen atoms in total. The van der Waals surface area contributed by atoms with Gasteiger partial charge in [0.1, 0.15) is 0 Å². The highest BCUT2D eigenvalue weighted by Crippen LogP contribution is 2.10. The van der Waals surface area contributed by atoms with Gasteiger partial charge in [-0.15, -0.1) is 0 Å². The van der Waals surface area contributed by atoms with E-state index in [1.165, 1.54) is 5.39 Å². The standard InChI is InChI=1S/C12H16BNO2/c1-3-15-13(16-4-2)11-5-6-12-10(9-11)7-8-14-12/h5-9,14H,3-4H2,1-2H3. The lowest BCUT2D eigenvalue weighted by Crippen LogP contribution is -2.36. The highest BCUT2D eigenvalue weighted by Gasteiger charge is 2.20. The van der Waals surface area contributed by atoms with E-state index in [9.17, 15) is 0 Å². The Morgan fingerprint density at radius 1 is 1.12 bits per heavy atom. The number of fused-ring (bicyclic) bond motifs is 1. The average molecular weight is 217 g/mol. The van der Waals surface area contributed by atoms with E-state index in [4.69, 9.17) is 9.31 Å². The van der Waals surface area contributed by atoms with Crippen LogP contribution < -0.4 is 5.46 Å². The molecule has 0 amide bonds. The van der Waals surface area contributed by atoms with Crippen molar-refractivity contribution in [2.45, 2.75) is 13.8 Å². The summed E-state index contributed by atoms with van der Waals surface area (Å²) >= 11 is 0. The van der Waals surface area contributed by atoms with Crippen molar-refractivity contribution >= 4 is 23.5 Å². The lowest BCUT2D eigenvalue weighted by molar-refractivity contribution is 0.225. The normalized spacial score (nSPS) is 10.9. The second-order valence-electron chi connectivity index (χ2n) is 3.57. The van der Waals surface area contributed by atoms with Gasteiger partial charge in [-0.2, -0.15) is 0 Å². The fourth-order valence-corrected chi connectivity index (χ4v) is 1.76. The van der Waals surface area contributed by atoms with Crippen LogP contribution in [0.15, 0.2) is 30.5 Å². The van der Waals surface area contributed by atoms with E-state index in [0.717, 1.165) is 11.0 Å². The maximum Gasteiger partial charge on any atom is 0.493 e. The predicted molar refractivity (Wildman–Crippen MR) is 66.9 cm³/mol. The summed E-state index contributed by atoms with van der Waals surface area (Å²) < 4.78 is 11.1. The van der Waals surface area contributed by atoms with Crippen molar-refractivity contribution in [2.24, 2.45) is 0 Å². The third-order valence-electron chi connectivity index (χ3n) is 2.49. The van der Waals surface area contributed by atoms with Crippen LogP contribution in [-0.2, 0) is 9.31 Å². The van der Waals surface area contributed by atoms with Crippen LogP contribution in [0.3, 0.4) is 0 Å². The Kier molecular flexibility index (Phi) is 3.64. The molecule has 0 saturated carbocycles. The van der Waals surface area contributed by atoms with Crippen LogP contribution in [0.4, 0.5) is 0 Å². The van der Waals surface area contributed by atoms with Gasteiger partial charge in [-0.1, -0.05) is 12.1 Å². The molecule has 0 aliphatic heterocycles. The summed E-state index contributed by atoms with van der Waals surface area (Å²) in [5, 5.41) is 1.18. The van der Waals surface area contributed by atoms with Crippen molar-refractivity contribution in [2.75, 3.05) is 13.2 Å². The highest BCUT2D eigenvalue weighted by atomic mass is 16.6. The SMILES string of the molecule is CCOB(OCC)c1ccc2[nH]ccc2c1. The first-order valence-electron chi connectivity index (χ1n) is 5.65. The van der Waals surface area contributed by atoms with Crippen molar-refractivity contribution < 1.29 is 9.31 Å². The first-order chi connectivity index (χ1) is 7.85. The third-order valence-corrected chi connectivity index (χ3v) is 2.49. The van der Waals surface area contributed by atoms with Crippen LogP contribution in [0, 0.1) is 0 Å². The van der Waals surface area contributed by atoms with Crippen molar-refractivity contribution in [1.82, 2.24) is 4.98 Å². The van der Waals surface area contributed by atoms with E-state index in [2.05, 4.69) is 17.1 Å². The zero-order chi connectivity index (χ0) is 11.4. The number of rotatable bonds is 5. The molecule has 0 fully saturated rings. The van der Waals surface area contributed by atoms with Gasteiger partial charge < -0.3 is 14.3 Å². The summed E-state index contributed by atoms with van der Waals surface area (Å²) in [7, 11) is -0.255. The summed E-state index contributed by atoms with van der Waals surface area (Å²) in [6.45, 7) is 5.24. The monoisotopic (exact) mass is 217 g/mol. The molecular formula is C12H16BNO2. The molecular weight excluding hydrogens is 201 g/mol. The zero-order valence-corrected chi connectivity index (χ0v) is 9.69. The average Bonchev–Trinajstić information content (AvgIpc) is 2.75. The molecule has 84 valence electrons. The molecule has 0 spiro atoms. The van der Waals surface area contributed by atoms with Crippen molar-refractivity contribution in [3.63, 3.8) is 0 Å². The van der Waals surface area contributed by atoms with Crippen molar-refractivity contribution in [1.29, 1.82) is 0 Å². The summed E-state index contributed by atoms with van der Waals surface area (Å²) in [4.78, 5) is 3.17. The Labute approximate surface area is 95.9 Å². The molecule has 1 N–H and O–H groups in total. The molecule has 0 unspecified atom stereocenters. The third kappa shape index (κ3) is 2.28. The lowest BCUT2D eigenvalue weighted by atomic mass is 9.78. The predicted octanol–water partition coefficient (Wildman–Crippen LogP) is 1.94. The molecule has 0 radical (unpaired) electrons. The fourth-order valence-electron chi connectivity index (χ4n) is 1.76. The van der Waals surface area contributed by atoms with E-state index >= 15 is 0 Å². The second-order valence-corrected chi connectivity index (χ2v) is 3.57. The molecule has 4 heteroatoms. The molecule has 0 aliphatic carbocycles. The van der Waals surface area contributed by atoms with E-state index in [0.29, 0.717) is 13.2 Å². The smallest absolute Gasteiger partial charge is 0.408 e. The molecule has 16 heavy (non-hydrogen) atoms. The van der Waals surface area contributed by atoms with E-state index < -0.39 is 0 Å². The molecule has 0 saturated heterocycles. The molecule has 0 bridgehead atoms. The van der Waals surface area contributed by atoms with Crippen LogP contribution in [0.25, 0.3) is 10.9 Å². The van der Waals surface area contributed by atoms with Crippen LogP contribution in [0.5, 0.6) is 0 Å². The van der Waals surface area contributed by atoms with Gasteiger partial charge in [0.2, 0.25) is 0 Å². The minimum absolute atomic E-state index is 0.255. The zero-order valence-electron chi connectivity index (χ0n) is 9.69. The maximum atomic E-state index is 5.56. The lowest BCUT2D eigenvalue weighted by Gasteiger charge is -2.12. The van der Waals surface area contributed by atoms with E-state index in [-0.39, 0.29) is 7.12 Å². The Morgan fingerprint density at radius 2 is 1.88 bits per heavy atom. The number of hydrogen-bond donors (Lipinski definition) is 1. The first-order valence-corrected chi connectivity index (χ1v) is 5.65. The Hall–Kier alpha value is -1.26. The van der Waals surface area contributed by atoms with Gasteiger partial charge in [0.05, 0.1) is 0 Å². The molecule has 2 aromatic rings. The number of nitrogens with one attached hydrogen (secondary N) is 1. The van der Waals surface area contributed by atoms with Crippen LogP contribution in [0.1, 0.15) is 13.8 Å². The summed E-state index contributed by atoms with van der Waals surface area (Å²) in [6, 6.07) is 8.24. The quantitative estimate of drug-likeness (QED) is 0.776. The Bertz CT molecular complexity index is 449. The van der Waals surface area contributed by atoms with Crippen molar-refractivity contribution in [3.8, 4) is 0 Å². The highest BCUT2D eigenvalue weighted by molar-refractivity contribution is 6.61. The minimum Gasteiger partial charge on any atom is -0.408 e. The number of H-pyrrole nitrogens is 1. The van der Waals surface area contributed by atoms with Gasteiger partial charge >= 0.3 is 7.12 Å². The summed E-state index contributed by atoms with van der Waals surface area (Å²) in [6.07, 6.45) is 1.94. The Balaban J connectivity index is 2.28. The Morgan fingerprint density at radius 3 is 2.56 bits per heavy atom. The molecule has 1 aromatic heterocycles. The largest absolute Gasteiger partial charge is 0.493 e. The van der Waals surface area contributed by atoms with Gasteiger partial charge in [-0.25, -0.2) is 0 Å². The van der Waals surface area contributed by atoms with Gasteiger partial charge in [0, 0.05) is 24.9 Å². The van der Waals surface area contributed by atoms with Gasteiger partial charge in [0.25, 0.3) is 0 Å². The minimum atomic E-state index is -0.255. The molecule has 0 atom stereocenters. The number of benzene rings is 1. The summed E-state index contributed by atoms with van der Waals surface area (Å²) in [5.74, 6) is 0. The van der Waals surface area contributed by atoms with Gasteiger partial charge in [0.15, 0.2) is 0 Å². The van der Waals surface area contributed by atoms with Crippen LogP contribution in [-0.4, -0.2) is 25.3 Å².